The Labute approximate surface area is 214 Å². The summed E-state index contributed by atoms with van der Waals surface area (Å²) >= 11 is 0. The first-order valence-electron chi connectivity index (χ1n) is 12.3. The van der Waals surface area contributed by atoms with Gasteiger partial charge in [0.15, 0.2) is 5.82 Å². The van der Waals surface area contributed by atoms with Crippen molar-refractivity contribution in [1.82, 2.24) is 25.1 Å². The second-order valence-electron chi connectivity index (χ2n) is 9.68. The molecule has 0 spiro atoms. The van der Waals surface area contributed by atoms with Crippen LogP contribution in [0.4, 0.5) is 15.8 Å². The number of fused-ring (bicyclic) bond motifs is 2. The quantitative estimate of drug-likeness (QED) is 0.383. The van der Waals surface area contributed by atoms with Crippen LogP contribution in [0.25, 0.3) is 21.8 Å². The zero-order valence-corrected chi connectivity index (χ0v) is 21.3. The van der Waals surface area contributed by atoms with Crippen LogP contribution in [0.15, 0.2) is 49.3 Å². The molecule has 1 amide bonds. The van der Waals surface area contributed by atoms with Crippen molar-refractivity contribution in [2.45, 2.75) is 39.0 Å². The number of rotatable bonds is 6. The molecule has 1 aliphatic rings. The Balaban J connectivity index is 1.55. The number of amides is 1. The lowest BCUT2D eigenvalue weighted by molar-refractivity contribution is 0.102. The van der Waals surface area contributed by atoms with Crippen molar-refractivity contribution in [2.24, 2.45) is 7.05 Å². The van der Waals surface area contributed by atoms with Crippen LogP contribution < -0.4 is 20.3 Å². The maximum absolute atomic E-state index is 14.6. The van der Waals surface area contributed by atoms with E-state index in [2.05, 4.69) is 44.1 Å². The molecule has 0 bridgehead atoms. The molecule has 3 heterocycles. The lowest BCUT2D eigenvalue weighted by atomic mass is 10.0. The van der Waals surface area contributed by atoms with Gasteiger partial charge in [-0.25, -0.2) is 9.37 Å². The molecule has 1 aliphatic heterocycles. The van der Waals surface area contributed by atoms with Gasteiger partial charge in [-0.05, 0) is 45.0 Å². The number of nitrogens with one attached hydrogen (secondary N) is 2. The summed E-state index contributed by atoms with van der Waals surface area (Å²) in [6, 6.07) is 7.18. The third kappa shape index (κ3) is 4.97. The van der Waals surface area contributed by atoms with Gasteiger partial charge in [0.1, 0.15) is 5.52 Å². The largest absolute Gasteiger partial charge is 0.461 e. The molecule has 0 unspecified atom stereocenters. The lowest BCUT2D eigenvalue weighted by Crippen LogP contribution is -2.54. The van der Waals surface area contributed by atoms with Gasteiger partial charge in [-0.2, -0.15) is 10.1 Å². The number of nitrogens with zero attached hydrogens (tertiary/aromatic N) is 5. The lowest BCUT2D eigenvalue weighted by Gasteiger charge is -2.38. The second kappa shape index (κ2) is 9.78. The molecule has 10 heteroatoms. The molecule has 2 N–H and O–H groups in total. The molecule has 37 heavy (non-hydrogen) atoms. The van der Waals surface area contributed by atoms with Gasteiger partial charge >= 0.3 is 6.01 Å². The van der Waals surface area contributed by atoms with Crippen LogP contribution in [0.5, 0.6) is 6.01 Å². The standard InChI is InChI=1S/C27H30FN7O2/c1-6-18-14-35(12-16(4)30-18)23-8-7-20(25-21(23)11-29-27(32-25)37-15(2)3)26(36)31-19-9-17-13-34(5)33-24(17)22(28)10-19/h6-11,13,15-16,18,30H,1,12,14H2,2-5H3,(H,31,36)/t16-,18-/m0/s1. The number of ether oxygens (including phenoxy) is 1. The first-order chi connectivity index (χ1) is 17.7. The van der Waals surface area contributed by atoms with Crippen molar-refractivity contribution in [2.75, 3.05) is 23.3 Å². The van der Waals surface area contributed by atoms with E-state index in [-0.39, 0.29) is 29.7 Å². The van der Waals surface area contributed by atoms with Crippen molar-refractivity contribution < 1.29 is 13.9 Å². The summed E-state index contributed by atoms with van der Waals surface area (Å²) < 4.78 is 21.9. The van der Waals surface area contributed by atoms with Gasteiger partial charge in [0.25, 0.3) is 5.91 Å². The Kier molecular flexibility index (Phi) is 6.51. The highest BCUT2D eigenvalue weighted by atomic mass is 19.1. The van der Waals surface area contributed by atoms with Gasteiger partial charge in [0.2, 0.25) is 0 Å². The third-order valence-electron chi connectivity index (χ3n) is 6.26. The summed E-state index contributed by atoms with van der Waals surface area (Å²) in [5, 5.41) is 11.8. The number of anilines is 2. The Hall–Kier alpha value is -4.05. The summed E-state index contributed by atoms with van der Waals surface area (Å²) in [5.74, 6) is -0.917. The van der Waals surface area contributed by atoms with Crippen LogP contribution in [0.1, 0.15) is 31.1 Å². The summed E-state index contributed by atoms with van der Waals surface area (Å²) in [4.78, 5) is 24.7. The molecular weight excluding hydrogens is 473 g/mol. The van der Waals surface area contributed by atoms with Crippen LogP contribution in [0, 0.1) is 5.82 Å². The van der Waals surface area contributed by atoms with Crippen molar-refractivity contribution in [3.63, 3.8) is 0 Å². The highest BCUT2D eigenvalue weighted by Gasteiger charge is 2.25. The van der Waals surface area contributed by atoms with E-state index in [1.54, 1.807) is 31.6 Å². The fraction of sp³-hybridized carbons (Fsp3) is 0.333. The van der Waals surface area contributed by atoms with Crippen molar-refractivity contribution in [1.29, 1.82) is 0 Å². The molecule has 1 saturated heterocycles. The van der Waals surface area contributed by atoms with E-state index in [9.17, 15) is 9.18 Å². The van der Waals surface area contributed by atoms with Gasteiger partial charge in [-0.15, -0.1) is 6.58 Å². The number of aryl methyl sites for hydroxylation is 1. The Morgan fingerprint density at radius 3 is 2.86 bits per heavy atom. The number of carbonyl (C=O) groups excluding carboxylic acids is 1. The molecule has 2 atom stereocenters. The molecule has 5 rings (SSSR count). The number of hydrogen-bond acceptors (Lipinski definition) is 7. The van der Waals surface area contributed by atoms with E-state index in [1.807, 2.05) is 26.0 Å². The number of halogens is 1. The topological polar surface area (TPSA) is 97.2 Å². The Morgan fingerprint density at radius 2 is 2.11 bits per heavy atom. The smallest absolute Gasteiger partial charge is 0.317 e. The maximum atomic E-state index is 14.6. The fourth-order valence-corrected chi connectivity index (χ4v) is 4.75. The molecular formula is C27H30FN7O2. The second-order valence-corrected chi connectivity index (χ2v) is 9.68. The van der Waals surface area contributed by atoms with Crippen LogP contribution in [-0.4, -0.2) is 56.9 Å². The summed E-state index contributed by atoms with van der Waals surface area (Å²) in [7, 11) is 1.72. The van der Waals surface area contributed by atoms with E-state index in [4.69, 9.17) is 4.74 Å². The average molecular weight is 504 g/mol. The van der Waals surface area contributed by atoms with E-state index in [0.717, 1.165) is 24.2 Å². The van der Waals surface area contributed by atoms with E-state index < -0.39 is 11.7 Å². The molecule has 2 aromatic carbocycles. The van der Waals surface area contributed by atoms with Gasteiger partial charge in [-0.1, -0.05) is 6.08 Å². The highest BCUT2D eigenvalue weighted by molar-refractivity contribution is 6.14. The minimum atomic E-state index is -0.506. The predicted molar refractivity (Wildman–Crippen MR) is 143 cm³/mol. The maximum Gasteiger partial charge on any atom is 0.317 e. The molecule has 1 fully saturated rings. The molecule has 192 valence electrons. The molecule has 0 aliphatic carbocycles. The first kappa shape index (κ1) is 24.6. The molecule has 2 aromatic heterocycles. The molecule has 0 saturated carbocycles. The SMILES string of the molecule is C=C[C@H]1CN(c2ccc(C(=O)Nc3cc(F)c4nn(C)cc4c3)c3nc(OC(C)C)ncc23)C[C@H](C)N1. The number of carbonyl (C=O) groups is 1. The van der Waals surface area contributed by atoms with Crippen LogP contribution >= 0.6 is 0 Å². The van der Waals surface area contributed by atoms with Crippen LogP contribution in [-0.2, 0) is 7.05 Å². The number of aromatic nitrogens is 4. The van der Waals surface area contributed by atoms with E-state index in [1.165, 1.54) is 10.7 Å². The van der Waals surface area contributed by atoms with Crippen LogP contribution in [0.2, 0.25) is 0 Å². The zero-order valence-electron chi connectivity index (χ0n) is 21.3. The van der Waals surface area contributed by atoms with E-state index in [0.29, 0.717) is 22.2 Å². The first-order valence-corrected chi connectivity index (χ1v) is 12.3. The highest BCUT2D eigenvalue weighted by Crippen LogP contribution is 2.31. The minimum absolute atomic E-state index is 0.128. The van der Waals surface area contributed by atoms with Gasteiger partial charge in [-0.3, -0.25) is 9.48 Å². The Morgan fingerprint density at radius 1 is 1.30 bits per heavy atom. The van der Waals surface area contributed by atoms with Gasteiger partial charge in [0, 0.05) is 66.8 Å². The average Bonchev–Trinajstić information content (AvgIpc) is 3.23. The van der Waals surface area contributed by atoms with Crippen molar-refractivity contribution in [3.8, 4) is 6.01 Å². The Bertz CT molecular complexity index is 1500. The minimum Gasteiger partial charge on any atom is -0.461 e. The summed E-state index contributed by atoms with van der Waals surface area (Å²) in [5.41, 5.74) is 2.31. The van der Waals surface area contributed by atoms with Gasteiger partial charge < -0.3 is 20.3 Å². The number of benzene rings is 2. The molecule has 0 radical (unpaired) electrons. The molecule has 4 aromatic rings. The van der Waals surface area contributed by atoms with E-state index >= 15 is 0 Å². The summed E-state index contributed by atoms with van der Waals surface area (Å²) in [6.07, 6.45) is 5.17. The third-order valence-corrected chi connectivity index (χ3v) is 6.26. The zero-order chi connectivity index (χ0) is 26.3. The van der Waals surface area contributed by atoms with Crippen molar-refractivity contribution in [3.05, 3.63) is 60.7 Å². The predicted octanol–water partition coefficient (Wildman–Crippen LogP) is 4.05. The van der Waals surface area contributed by atoms with Gasteiger partial charge in [0.05, 0.1) is 17.2 Å². The molecule has 9 nitrogen and oxygen atoms in total. The monoisotopic (exact) mass is 503 g/mol. The normalized spacial score (nSPS) is 17.9. The fourth-order valence-electron chi connectivity index (χ4n) is 4.75. The van der Waals surface area contributed by atoms with Crippen molar-refractivity contribution >= 4 is 39.1 Å². The summed E-state index contributed by atoms with van der Waals surface area (Å²) in [6.45, 7) is 11.3. The number of hydrogen-bond donors (Lipinski definition) is 2. The van der Waals surface area contributed by atoms with Crippen LogP contribution in [0.3, 0.4) is 0 Å². The number of piperazine rings is 1.